The van der Waals surface area contributed by atoms with E-state index in [1.54, 1.807) is 6.92 Å². The molecule has 0 bridgehead atoms. The highest BCUT2D eigenvalue weighted by Crippen LogP contribution is 2.23. The number of benzene rings is 2. The molecule has 0 aliphatic rings. The van der Waals surface area contributed by atoms with Crippen LogP contribution >= 0.6 is 0 Å². The van der Waals surface area contributed by atoms with Crippen LogP contribution < -0.4 is 4.74 Å². The molecule has 0 saturated heterocycles. The molecule has 0 unspecified atom stereocenters. The molecule has 2 aromatic rings. The van der Waals surface area contributed by atoms with Crippen molar-refractivity contribution in [1.82, 2.24) is 0 Å². The fraction of sp³-hybridized carbons (Fsp3) is 0.267. The number of carbonyl (C=O) groups excluding carboxylic acids is 1. The first kappa shape index (κ1) is 11.6. The van der Waals surface area contributed by atoms with Crippen molar-refractivity contribution in [3.63, 3.8) is 0 Å². The zero-order valence-electron chi connectivity index (χ0n) is 10.4. The summed E-state index contributed by atoms with van der Waals surface area (Å²) < 4.78 is 5.63. The minimum Gasteiger partial charge on any atom is -0.491 e. The third kappa shape index (κ3) is 2.64. The van der Waals surface area contributed by atoms with Crippen LogP contribution in [0, 0.1) is 0 Å². The second-order valence-electron chi connectivity index (χ2n) is 4.45. The Morgan fingerprint density at radius 2 is 1.71 bits per heavy atom. The lowest BCUT2D eigenvalue weighted by atomic mass is 10.0. The summed E-state index contributed by atoms with van der Waals surface area (Å²) >= 11 is 0. The largest absolute Gasteiger partial charge is 0.491 e. The van der Waals surface area contributed by atoms with E-state index in [2.05, 4.69) is 0 Å². The van der Waals surface area contributed by atoms with Crippen LogP contribution in [0.2, 0.25) is 0 Å². The van der Waals surface area contributed by atoms with Crippen molar-refractivity contribution < 1.29 is 9.53 Å². The molecule has 0 spiro atoms. The number of ketones is 1. The van der Waals surface area contributed by atoms with E-state index in [1.807, 2.05) is 50.2 Å². The standard InChI is InChI=1S/C15H16O2/c1-10(2)17-15-7-6-13-8-12(11(3)16)4-5-14(13)9-15/h4-10H,1-3H3. The third-order valence-corrected chi connectivity index (χ3v) is 2.59. The van der Waals surface area contributed by atoms with Gasteiger partial charge in [0, 0.05) is 5.56 Å². The second kappa shape index (κ2) is 4.58. The van der Waals surface area contributed by atoms with Crippen LogP contribution in [-0.2, 0) is 0 Å². The molecule has 88 valence electrons. The molecule has 0 atom stereocenters. The van der Waals surface area contributed by atoms with Crippen molar-refractivity contribution in [3.8, 4) is 5.75 Å². The normalized spacial score (nSPS) is 10.8. The Morgan fingerprint density at radius 3 is 2.35 bits per heavy atom. The first-order chi connectivity index (χ1) is 8.06. The van der Waals surface area contributed by atoms with E-state index < -0.39 is 0 Å². The van der Waals surface area contributed by atoms with Crippen molar-refractivity contribution in [3.05, 3.63) is 42.0 Å². The molecule has 0 aliphatic heterocycles. The molecular weight excluding hydrogens is 212 g/mol. The lowest BCUT2D eigenvalue weighted by Crippen LogP contribution is -2.05. The van der Waals surface area contributed by atoms with Crippen molar-refractivity contribution in [1.29, 1.82) is 0 Å². The van der Waals surface area contributed by atoms with Crippen LogP contribution in [0.4, 0.5) is 0 Å². The van der Waals surface area contributed by atoms with Crippen LogP contribution in [0.3, 0.4) is 0 Å². The molecule has 17 heavy (non-hydrogen) atoms. The van der Waals surface area contributed by atoms with Gasteiger partial charge >= 0.3 is 0 Å². The second-order valence-corrected chi connectivity index (χ2v) is 4.45. The molecule has 2 nitrogen and oxygen atoms in total. The Morgan fingerprint density at radius 1 is 1.06 bits per heavy atom. The number of ether oxygens (including phenoxy) is 1. The summed E-state index contributed by atoms with van der Waals surface area (Å²) in [7, 11) is 0. The molecule has 0 radical (unpaired) electrons. The third-order valence-electron chi connectivity index (χ3n) is 2.59. The fourth-order valence-corrected chi connectivity index (χ4v) is 1.79. The Balaban J connectivity index is 2.43. The number of Topliss-reactive ketones (excluding diaryl/α,β-unsaturated/α-hetero) is 1. The number of rotatable bonds is 3. The lowest BCUT2D eigenvalue weighted by Gasteiger charge is -2.10. The molecule has 0 heterocycles. The summed E-state index contributed by atoms with van der Waals surface area (Å²) in [6.07, 6.45) is 0.170. The van der Waals surface area contributed by atoms with Crippen LogP contribution in [0.5, 0.6) is 5.75 Å². The Kier molecular flexibility index (Phi) is 3.14. The molecule has 0 aromatic heterocycles. The smallest absolute Gasteiger partial charge is 0.159 e. The van der Waals surface area contributed by atoms with Crippen LogP contribution in [0.15, 0.2) is 36.4 Å². The van der Waals surface area contributed by atoms with E-state index in [0.717, 1.165) is 22.1 Å². The van der Waals surface area contributed by atoms with Crippen molar-refractivity contribution >= 4 is 16.6 Å². The predicted molar refractivity (Wildman–Crippen MR) is 69.7 cm³/mol. The molecule has 0 fully saturated rings. The van der Waals surface area contributed by atoms with E-state index in [-0.39, 0.29) is 11.9 Å². The zero-order valence-corrected chi connectivity index (χ0v) is 10.4. The highest BCUT2D eigenvalue weighted by atomic mass is 16.5. The summed E-state index contributed by atoms with van der Waals surface area (Å²) in [5, 5.41) is 2.15. The lowest BCUT2D eigenvalue weighted by molar-refractivity contribution is 0.101. The highest BCUT2D eigenvalue weighted by Gasteiger charge is 2.03. The number of carbonyl (C=O) groups is 1. The Bertz CT molecular complexity index is 556. The van der Waals surface area contributed by atoms with Gasteiger partial charge in [-0.1, -0.05) is 18.2 Å². The van der Waals surface area contributed by atoms with Gasteiger partial charge in [-0.15, -0.1) is 0 Å². The molecule has 0 amide bonds. The minimum absolute atomic E-state index is 0.0920. The van der Waals surface area contributed by atoms with Gasteiger partial charge in [0.1, 0.15) is 5.75 Å². The van der Waals surface area contributed by atoms with E-state index in [0.29, 0.717) is 0 Å². The molecule has 2 rings (SSSR count). The predicted octanol–water partition coefficient (Wildman–Crippen LogP) is 3.83. The van der Waals surface area contributed by atoms with Gasteiger partial charge in [0.15, 0.2) is 5.78 Å². The average Bonchev–Trinajstić information content (AvgIpc) is 2.27. The van der Waals surface area contributed by atoms with Crippen molar-refractivity contribution in [2.45, 2.75) is 26.9 Å². The summed E-state index contributed by atoms with van der Waals surface area (Å²) in [5.74, 6) is 0.956. The topological polar surface area (TPSA) is 26.3 Å². The van der Waals surface area contributed by atoms with Gasteiger partial charge in [0.25, 0.3) is 0 Å². The number of hydrogen-bond acceptors (Lipinski definition) is 2. The van der Waals surface area contributed by atoms with Gasteiger partial charge in [0.05, 0.1) is 6.10 Å². The quantitative estimate of drug-likeness (QED) is 0.746. The number of fused-ring (bicyclic) bond motifs is 1. The van der Waals surface area contributed by atoms with Gasteiger partial charge < -0.3 is 4.74 Å². The molecule has 2 aromatic carbocycles. The monoisotopic (exact) mass is 228 g/mol. The maximum absolute atomic E-state index is 11.3. The van der Waals surface area contributed by atoms with Gasteiger partial charge in [-0.3, -0.25) is 4.79 Å². The minimum atomic E-state index is 0.0920. The Labute approximate surface area is 101 Å². The van der Waals surface area contributed by atoms with Crippen LogP contribution in [0.25, 0.3) is 10.8 Å². The van der Waals surface area contributed by atoms with Crippen molar-refractivity contribution in [2.24, 2.45) is 0 Å². The average molecular weight is 228 g/mol. The van der Waals surface area contributed by atoms with Gasteiger partial charge in [-0.2, -0.15) is 0 Å². The summed E-state index contributed by atoms with van der Waals surface area (Å²) in [6, 6.07) is 11.6. The summed E-state index contributed by atoms with van der Waals surface area (Å²) in [6.45, 7) is 5.59. The first-order valence-electron chi connectivity index (χ1n) is 5.77. The van der Waals surface area contributed by atoms with Crippen LogP contribution in [-0.4, -0.2) is 11.9 Å². The summed E-state index contributed by atoms with van der Waals surface area (Å²) in [5.41, 5.74) is 0.745. The maximum atomic E-state index is 11.3. The maximum Gasteiger partial charge on any atom is 0.159 e. The number of hydrogen-bond donors (Lipinski definition) is 0. The zero-order chi connectivity index (χ0) is 12.4. The fourth-order valence-electron chi connectivity index (χ4n) is 1.79. The molecule has 0 N–H and O–H groups in total. The van der Waals surface area contributed by atoms with E-state index in [4.69, 9.17) is 4.74 Å². The van der Waals surface area contributed by atoms with Gasteiger partial charge in [-0.25, -0.2) is 0 Å². The van der Waals surface area contributed by atoms with E-state index in [1.165, 1.54) is 0 Å². The first-order valence-corrected chi connectivity index (χ1v) is 5.77. The van der Waals surface area contributed by atoms with Crippen molar-refractivity contribution in [2.75, 3.05) is 0 Å². The SMILES string of the molecule is CC(=O)c1ccc2cc(OC(C)C)ccc2c1. The van der Waals surface area contributed by atoms with E-state index in [9.17, 15) is 4.79 Å². The Hall–Kier alpha value is -1.83. The molecule has 0 aliphatic carbocycles. The van der Waals surface area contributed by atoms with E-state index >= 15 is 0 Å². The van der Waals surface area contributed by atoms with Gasteiger partial charge in [-0.05, 0) is 49.7 Å². The highest BCUT2D eigenvalue weighted by molar-refractivity contribution is 5.98. The van der Waals surface area contributed by atoms with Crippen LogP contribution in [0.1, 0.15) is 31.1 Å². The summed E-state index contributed by atoms with van der Waals surface area (Å²) in [4.78, 5) is 11.3. The van der Waals surface area contributed by atoms with Gasteiger partial charge in [0.2, 0.25) is 0 Å². The molecule has 0 saturated carbocycles. The molecular formula is C15H16O2. The molecule has 2 heteroatoms.